The van der Waals surface area contributed by atoms with Gasteiger partial charge in [0.2, 0.25) is 0 Å². The van der Waals surface area contributed by atoms with Crippen LogP contribution < -0.4 is 0 Å². The van der Waals surface area contributed by atoms with Crippen molar-refractivity contribution in [3.63, 3.8) is 0 Å². The Morgan fingerprint density at radius 3 is 2.44 bits per heavy atom. The van der Waals surface area contributed by atoms with E-state index in [0.29, 0.717) is 0 Å². The summed E-state index contributed by atoms with van der Waals surface area (Å²) >= 11 is 0. The molecule has 0 atom stereocenters. The molecule has 1 nitrogen and oxygen atoms in total. The molecule has 0 fully saturated rings. The van der Waals surface area contributed by atoms with Crippen LogP contribution in [0, 0.1) is 0 Å². The van der Waals surface area contributed by atoms with Gasteiger partial charge in [0, 0.05) is 0 Å². The quantitative estimate of drug-likeness (QED) is 0.365. The normalized spacial score (nSPS) is 10.8. The highest BCUT2D eigenvalue weighted by atomic mass is 16.1. The highest BCUT2D eigenvalue weighted by Crippen LogP contribution is 2.08. The molecule has 1 heteroatoms. The molecule has 0 heterocycles. The maximum atomic E-state index is 10.0. The second-order valence-corrected chi connectivity index (χ2v) is 4.00. The molecule has 0 aliphatic rings. The molecule has 1 rings (SSSR count). The van der Waals surface area contributed by atoms with Gasteiger partial charge in [0.15, 0.2) is 0 Å². The lowest BCUT2D eigenvalue weighted by atomic mass is 10.1. The predicted molar refractivity (Wildman–Crippen MR) is 68.4 cm³/mol. The molecule has 0 unspecified atom stereocenters. The van der Waals surface area contributed by atoms with Crippen molar-refractivity contribution >= 4 is 6.29 Å². The highest BCUT2D eigenvalue weighted by molar-refractivity contribution is 5.64. The third kappa shape index (κ3) is 6.18. The molecule has 1 aromatic carbocycles. The minimum atomic E-state index is 0.843. The summed E-state index contributed by atoms with van der Waals surface area (Å²) in [6.07, 6.45) is 11.6. The van der Waals surface area contributed by atoms with Crippen molar-refractivity contribution in [3.05, 3.63) is 48.0 Å². The van der Waals surface area contributed by atoms with Gasteiger partial charge in [-0.2, -0.15) is 0 Å². The highest BCUT2D eigenvalue weighted by Gasteiger charge is 1.92. The molecule has 0 aliphatic carbocycles. The molecule has 16 heavy (non-hydrogen) atoms. The van der Waals surface area contributed by atoms with Crippen molar-refractivity contribution in [2.24, 2.45) is 0 Å². The van der Waals surface area contributed by atoms with Crippen LogP contribution in [0.15, 0.2) is 42.5 Å². The summed E-state index contributed by atoms with van der Waals surface area (Å²) in [5, 5.41) is 0. The molecule has 0 aromatic heterocycles. The fourth-order valence-electron chi connectivity index (χ4n) is 1.74. The molecule has 0 radical (unpaired) electrons. The first-order chi connectivity index (χ1) is 7.93. The predicted octanol–water partition coefficient (Wildman–Crippen LogP) is 3.93. The Morgan fingerprint density at radius 1 is 0.938 bits per heavy atom. The summed E-state index contributed by atoms with van der Waals surface area (Å²) in [7, 11) is 0. The van der Waals surface area contributed by atoms with E-state index in [1.807, 2.05) is 6.08 Å². The van der Waals surface area contributed by atoms with Crippen LogP contribution >= 0.6 is 0 Å². The maximum Gasteiger partial charge on any atom is 0.142 e. The summed E-state index contributed by atoms with van der Waals surface area (Å²) in [5.74, 6) is 0. The van der Waals surface area contributed by atoms with Gasteiger partial charge in [0.05, 0.1) is 0 Å². The Bertz CT molecular complexity index is 300. The van der Waals surface area contributed by atoms with E-state index in [1.165, 1.54) is 37.7 Å². The van der Waals surface area contributed by atoms with Gasteiger partial charge in [0.25, 0.3) is 0 Å². The van der Waals surface area contributed by atoms with Gasteiger partial charge < -0.3 is 0 Å². The zero-order valence-electron chi connectivity index (χ0n) is 9.77. The third-order valence-corrected chi connectivity index (χ3v) is 2.64. The summed E-state index contributed by atoms with van der Waals surface area (Å²) in [5.41, 5.74) is 1.43. The lowest BCUT2D eigenvalue weighted by Crippen LogP contribution is -1.85. The summed E-state index contributed by atoms with van der Waals surface area (Å²) in [6, 6.07) is 10.6. The van der Waals surface area contributed by atoms with E-state index >= 15 is 0 Å². The first-order valence-corrected chi connectivity index (χ1v) is 6.07. The van der Waals surface area contributed by atoms with Crippen molar-refractivity contribution in [2.45, 2.75) is 38.5 Å². The van der Waals surface area contributed by atoms with Crippen LogP contribution in [0.25, 0.3) is 0 Å². The molecule has 0 amide bonds. The second kappa shape index (κ2) is 8.90. The molecule has 0 bridgehead atoms. The maximum absolute atomic E-state index is 10.0. The van der Waals surface area contributed by atoms with Crippen LogP contribution in [0.4, 0.5) is 0 Å². The Balaban J connectivity index is 1.96. The number of carbonyl (C=O) groups is 1. The lowest BCUT2D eigenvalue weighted by Gasteiger charge is -2.00. The van der Waals surface area contributed by atoms with Gasteiger partial charge in [-0.1, -0.05) is 49.2 Å². The Hall–Kier alpha value is -1.37. The molecule has 86 valence electrons. The van der Waals surface area contributed by atoms with Crippen LogP contribution in [0.3, 0.4) is 0 Å². The number of unbranched alkanes of at least 4 members (excludes halogenated alkanes) is 4. The van der Waals surface area contributed by atoms with Crippen molar-refractivity contribution in [3.8, 4) is 0 Å². The Kier molecular flexibility index (Phi) is 7.06. The van der Waals surface area contributed by atoms with E-state index in [0.717, 1.165) is 12.7 Å². The molecule has 0 spiro atoms. The molecular formula is C15H20O. The fraction of sp³-hybridized carbons (Fsp3) is 0.400. The summed E-state index contributed by atoms with van der Waals surface area (Å²) in [6.45, 7) is 0. The third-order valence-electron chi connectivity index (χ3n) is 2.64. The van der Waals surface area contributed by atoms with Crippen molar-refractivity contribution in [1.82, 2.24) is 0 Å². The van der Waals surface area contributed by atoms with E-state index in [9.17, 15) is 4.79 Å². The second-order valence-electron chi connectivity index (χ2n) is 4.00. The number of carbonyl (C=O) groups excluding carboxylic acids is 1. The topological polar surface area (TPSA) is 17.1 Å². The van der Waals surface area contributed by atoms with Crippen LogP contribution in [0.2, 0.25) is 0 Å². The van der Waals surface area contributed by atoms with Gasteiger partial charge in [0.1, 0.15) is 6.29 Å². The van der Waals surface area contributed by atoms with Crippen molar-refractivity contribution < 1.29 is 4.79 Å². The summed E-state index contributed by atoms with van der Waals surface area (Å²) in [4.78, 5) is 10.0. The number of benzene rings is 1. The smallest absolute Gasteiger partial charge is 0.142 e. The van der Waals surface area contributed by atoms with Gasteiger partial charge in [-0.25, -0.2) is 0 Å². The largest absolute Gasteiger partial charge is 0.299 e. The van der Waals surface area contributed by atoms with Crippen molar-refractivity contribution in [1.29, 1.82) is 0 Å². The minimum absolute atomic E-state index is 0.843. The number of hydrogen-bond donors (Lipinski definition) is 0. The number of aldehydes is 1. The van der Waals surface area contributed by atoms with Gasteiger partial charge >= 0.3 is 0 Å². The van der Waals surface area contributed by atoms with E-state index in [-0.39, 0.29) is 0 Å². The monoisotopic (exact) mass is 216 g/mol. The van der Waals surface area contributed by atoms with Gasteiger partial charge in [-0.15, -0.1) is 0 Å². The zero-order valence-corrected chi connectivity index (χ0v) is 9.77. The number of rotatable bonds is 8. The van der Waals surface area contributed by atoms with E-state index in [2.05, 4.69) is 30.3 Å². The standard InChI is InChI=1S/C15H20O/c16-14-10-5-3-1-2-4-7-11-15-12-8-6-9-13-15/h5-6,8-10,12-14H,1-4,7,11H2. The van der Waals surface area contributed by atoms with E-state index in [4.69, 9.17) is 0 Å². The zero-order chi connectivity index (χ0) is 11.5. The molecule has 0 aliphatic heterocycles. The van der Waals surface area contributed by atoms with Crippen LogP contribution in [0.1, 0.15) is 37.7 Å². The van der Waals surface area contributed by atoms with E-state index in [1.54, 1.807) is 6.08 Å². The Labute approximate surface area is 98.2 Å². The van der Waals surface area contributed by atoms with Crippen molar-refractivity contribution in [2.75, 3.05) is 0 Å². The molecular weight excluding hydrogens is 196 g/mol. The van der Waals surface area contributed by atoms with Crippen LogP contribution in [-0.4, -0.2) is 6.29 Å². The van der Waals surface area contributed by atoms with E-state index < -0.39 is 0 Å². The van der Waals surface area contributed by atoms with Crippen LogP contribution in [-0.2, 0) is 11.2 Å². The average molecular weight is 216 g/mol. The van der Waals surface area contributed by atoms with Crippen LogP contribution in [0.5, 0.6) is 0 Å². The molecule has 0 N–H and O–H groups in total. The number of allylic oxidation sites excluding steroid dienone is 2. The molecule has 0 saturated carbocycles. The fourth-order valence-corrected chi connectivity index (χ4v) is 1.74. The molecule has 1 aromatic rings. The summed E-state index contributed by atoms with van der Waals surface area (Å²) < 4.78 is 0. The SMILES string of the molecule is O=CC=CCCCCCCc1ccccc1. The van der Waals surface area contributed by atoms with Gasteiger partial charge in [-0.05, 0) is 37.3 Å². The Morgan fingerprint density at radius 2 is 1.69 bits per heavy atom. The lowest BCUT2D eigenvalue weighted by molar-refractivity contribution is -0.104. The first-order valence-electron chi connectivity index (χ1n) is 6.07. The van der Waals surface area contributed by atoms with Gasteiger partial charge in [-0.3, -0.25) is 4.79 Å². The molecule has 0 saturated heterocycles. The average Bonchev–Trinajstić information content (AvgIpc) is 2.34. The number of hydrogen-bond acceptors (Lipinski definition) is 1. The minimum Gasteiger partial charge on any atom is -0.299 e. The number of aryl methyl sites for hydroxylation is 1. The first kappa shape index (κ1) is 12.7.